The molecule has 2 fully saturated rings. The van der Waals surface area contributed by atoms with Crippen LogP contribution in [0.15, 0.2) is 6.33 Å². The standard InChI is InChI=1S/C14H23N5O/c1-10(2)19-12(15-9-16-19)18-13(20)17-11-8-14(11)6-4-3-5-7-14/h9-11H,3-8H2,1-2H3,(H2,15,16,17,18,20)/t11-/m1/s1. The van der Waals surface area contributed by atoms with E-state index in [1.807, 2.05) is 13.8 Å². The van der Waals surface area contributed by atoms with E-state index < -0.39 is 0 Å². The molecule has 1 aromatic heterocycles. The summed E-state index contributed by atoms with van der Waals surface area (Å²) in [5.74, 6) is 0.510. The van der Waals surface area contributed by atoms with E-state index in [1.54, 1.807) is 4.68 Å². The Morgan fingerprint density at radius 1 is 1.40 bits per heavy atom. The number of hydrogen-bond donors (Lipinski definition) is 2. The Morgan fingerprint density at radius 3 is 2.85 bits per heavy atom. The zero-order chi connectivity index (χ0) is 14.2. The number of carbonyl (C=O) groups is 1. The van der Waals surface area contributed by atoms with E-state index in [9.17, 15) is 4.79 Å². The number of aromatic nitrogens is 3. The first-order valence-electron chi connectivity index (χ1n) is 7.58. The van der Waals surface area contributed by atoms with Gasteiger partial charge in [-0.1, -0.05) is 19.3 Å². The number of hydrogen-bond acceptors (Lipinski definition) is 3. The number of nitrogens with zero attached hydrogens (tertiary/aromatic N) is 3. The Morgan fingerprint density at radius 2 is 2.15 bits per heavy atom. The number of anilines is 1. The molecule has 0 radical (unpaired) electrons. The maximum Gasteiger partial charge on any atom is 0.321 e. The molecule has 20 heavy (non-hydrogen) atoms. The smallest absolute Gasteiger partial charge is 0.321 e. The van der Waals surface area contributed by atoms with Crippen LogP contribution in [0.25, 0.3) is 0 Å². The summed E-state index contributed by atoms with van der Waals surface area (Å²) in [6.45, 7) is 4.02. The molecule has 1 spiro atoms. The molecule has 2 N–H and O–H groups in total. The van der Waals surface area contributed by atoms with Gasteiger partial charge in [0.2, 0.25) is 5.95 Å². The molecule has 2 aliphatic carbocycles. The zero-order valence-electron chi connectivity index (χ0n) is 12.2. The Kier molecular flexibility index (Phi) is 3.40. The minimum absolute atomic E-state index is 0.160. The molecule has 1 heterocycles. The van der Waals surface area contributed by atoms with E-state index in [4.69, 9.17) is 0 Å². The van der Waals surface area contributed by atoms with Crippen molar-refractivity contribution in [2.75, 3.05) is 5.32 Å². The molecule has 0 unspecified atom stereocenters. The maximum absolute atomic E-state index is 12.1. The van der Waals surface area contributed by atoms with Gasteiger partial charge in [-0.15, -0.1) is 0 Å². The monoisotopic (exact) mass is 277 g/mol. The number of rotatable bonds is 3. The first-order chi connectivity index (χ1) is 9.61. The summed E-state index contributed by atoms with van der Waals surface area (Å²) < 4.78 is 1.71. The molecular formula is C14H23N5O. The molecule has 0 saturated heterocycles. The van der Waals surface area contributed by atoms with Crippen LogP contribution in [0.2, 0.25) is 0 Å². The van der Waals surface area contributed by atoms with Crippen LogP contribution in [-0.4, -0.2) is 26.8 Å². The summed E-state index contributed by atoms with van der Waals surface area (Å²) in [5.41, 5.74) is 0.404. The molecule has 1 atom stereocenters. The third-order valence-electron chi connectivity index (χ3n) is 4.63. The number of carbonyl (C=O) groups excluding carboxylic acids is 1. The average molecular weight is 277 g/mol. The van der Waals surface area contributed by atoms with Crippen LogP contribution in [0.4, 0.5) is 10.7 Å². The van der Waals surface area contributed by atoms with Crippen molar-refractivity contribution >= 4 is 12.0 Å². The van der Waals surface area contributed by atoms with Crippen molar-refractivity contribution in [1.82, 2.24) is 20.1 Å². The predicted octanol–water partition coefficient (Wildman–Crippen LogP) is 2.70. The summed E-state index contributed by atoms with van der Waals surface area (Å²) in [6.07, 6.45) is 9.09. The lowest BCUT2D eigenvalue weighted by Crippen LogP contribution is -2.35. The van der Waals surface area contributed by atoms with Gasteiger partial charge in [0.1, 0.15) is 6.33 Å². The highest BCUT2D eigenvalue weighted by Gasteiger charge is 2.54. The summed E-state index contributed by atoms with van der Waals surface area (Å²) in [5, 5.41) is 10.0. The molecule has 6 nitrogen and oxygen atoms in total. The van der Waals surface area contributed by atoms with Gasteiger partial charge in [0, 0.05) is 6.04 Å². The third-order valence-corrected chi connectivity index (χ3v) is 4.63. The molecule has 0 aliphatic heterocycles. The second kappa shape index (κ2) is 5.07. The fraction of sp³-hybridized carbons (Fsp3) is 0.786. The molecule has 2 amide bonds. The van der Waals surface area contributed by atoms with E-state index >= 15 is 0 Å². The minimum atomic E-state index is -0.160. The number of urea groups is 1. The third kappa shape index (κ3) is 2.51. The lowest BCUT2D eigenvalue weighted by atomic mass is 9.86. The summed E-state index contributed by atoms with van der Waals surface area (Å²) in [6, 6.07) is 0.365. The topological polar surface area (TPSA) is 71.8 Å². The maximum atomic E-state index is 12.1. The summed E-state index contributed by atoms with van der Waals surface area (Å²) in [7, 11) is 0. The SMILES string of the molecule is CC(C)n1ncnc1NC(=O)N[C@@H]1CC12CCCCC2. The molecule has 2 aliphatic rings. The van der Waals surface area contributed by atoms with E-state index in [2.05, 4.69) is 20.7 Å². The van der Waals surface area contributed by atoms with Gasteiger partial charge in [-0.2, -0.15) is 10.1 Å². The Labute approximate surface area is 119 Å². The first-order valence-corrected chi connectivity index (χ1v) is 7.58. The van der Waals surface area contributed by atoms with E-state index in [0.29, 0.717) is 17.4 Å². The highest BCUT2D eigenvalue weighted by molar-refractivity contribution is 5.88. The average Bonchev–Trinajstić information content (AvgIpc) is 2.87. The van der Waals surface area contributed by atoms with Crippen molar-refractivity contribution in [3.05, 3.63) is 6.33 Å². The highest BCUT2D eigenvalue weighted by Crippen LogP contribution is 2.56. The molecule has 2 saturated carbocycles. The lowest BCUT2D eigenvalue weighted by Gasteiger charge is -2.22. The van der Waals surface area contributed by atoms with Crippen LogP contribution in [-0.2, 0) is 0 Å². The second-order valence-corrected chi connectivity index (χ2v) is 6.40. The predicted molar refractivity (Wildman–Crippen MR) is 76.5 cm³/mol. The van der Waals surface area contributed by atoms with Crippen LogP contribution < -0.4 is 10.6 Å². The fourth-order valence-electron chi connectivity index (χ4n) is 3.37. The van der Waals surface area contributed by atoms with E-state index in [-0.39, 0.29) is 12.1 Å². The van der Waals surface area contributed by atoms with E-state index in [0.717, 1.165) is 6.42 Å². The van der Waals surface area contributed by atoms with Crippen molar-refractivity contribution in [1.29, 1.82) is 0 Å². The normalized spacial score (nSPS) is 23.9. The zero-order valence-corrected chi connectivity index (χ0v) is 12.2. The van der Waals surface area contributed by atoms with Crippen LogP contribution in [0.1, 0.15) is 58.4 Å². The van der Waals surface area contributed by atoms with Crippen molar-refractivity contribution in [3.63, 3.8) is 0 Å². The fourth-order valence-corrected chi connectivity index (χ4v) is 3.37. The van der Waals surface area contributed by atoms with Gasteiger partial charge < -0.3 is 5.32 Å². The van der Waals surface area contributed by atoms with Gasteiger partial charge in [-0.25, -0.2) is 9.48 Å². The molecular weight excluding hydrogens is 254 g/mol. The van der Waals surface area contributed by atoms with Crippen LogP contribution in [0.5, 0.6) is 0 Å². The van der Waals surface area contributed by atoms with Gasteiger partial charge in [0.15, 0.2) is 0 Å². The molecule has 110 valence electrons. The van der Waals surface area contributed by atoms with Gasteiger partial charge in [0.25, 0.3) is 0 Å². The molecule has 6 heteroatoms. The van der Waals surface area contributed by atoms with Crippen LogP contribution in [0.3, 0.4) is 0 Å². The largest absolute Gasteiger partial charge is 0.334 e. The van der Waals surface area contributed by atoms with Crippen molar-refractivity contribution in [2.24, 2.45) is 5.41 Å². The van der Waals surface area contributed by atoms with Crippen LogP contribution in [0, 0.1) is 5.41 Å². The van der Waals surface area contributed by atoms with Crippen LogP contribution >= 0.6 is 0 Å². The second-order valence-electron chi connectivity index (χ2n) is 6.40. The first kappa shape index (κ1) is 13.4. The Balaban J connectivity index is 1.54. The van der Waals surface area contributed by atoms with Gasteiger partial charge in [-0.05, 0) is 38.5 Å². The van der Waals surface area contributed by atoms with Gasteiger partial charge in [-0.3, -0.25) is 5.32 Å². The van der Waals surface area contributed by atoms with Crippen molar-refractivity contribution in [2.45, 2.75) is 64.5 Å². The molecule has 0 aromatic carbocycles. The Bertz CT molecular complexity index is 490. The molecule has 0 bridgehead atoms. The quantitative estimate of drug-likeness (QED) is 0.892. The molecule has 3 rings (SSSR count). The molecule has 1 aromatic rings. The summed E-state index contributed by atoms with van der Waals surface area (Å²) in [4.78, 5) is 16.1. The van der Waals surface area contributed by atoms with Gasteiger partial charge in [0.05, 0.1) is 6.04 Å². The Hall–Kier alpha value is -1.59. The van der Waals surface area contributed by atoms with Crippen molar-refractivity contribution in [3.8, 4) is 0 Å². The van der Waals surface area contributed by atoms with Gasteiger partial charge >= 0.3 is 6.03 Å². The number of nitrogens with one attached hydrogen (secondary N) is 2. The highest BCUT2D eigenvalue weighted by atomic mass is 16.2. The number of amides is 2. The minimum Gasteiger partial charge on any atom is -0.334 e. The summed E-state index contributed by atoms with van der Waals surface area (Å²) >= 11 is 0. The van der Waals surface area contributed by atoms with E-state index in [1.165, 1.54) is 38.4 Å². The van der Waals surface area contributed by atoms with Crippen molar-refractivity contribution < 1.29 is 4.79 Å². The lowest BCUT2D eigenvalue weighted by molar-refractivity contribution is 0.246.